The molecular formula is C12H7F5O. The van der Waals surface area contributed by atoms with Crippen molar-refractivity contribution in [1.29, 1.82) is 0 Å². The van der Waals surface area contributed by atoms with Crippen LogP contribution in [0.2, 0.25) is 0 Å². The SMILES string of the molecule is Oc1ccc(C(F)(F)C(F)(F)F)c2ccccc12. The van der Waals surface area contributed by atoms with Gasteiger partial charge in [-0.3, -0.25) is 0 Å². The highest BCUT2D eigenvalue weighted by Gasteiger charge is 2.59. The summed E-state index contributed by atoms with van der Waals surface area (Å²) < 4.78 is 63.6. The summed E-state index contributed by atoms with van der Waals surface area (Å²) in [6, 6.07) is 6.59. The zero-order valence-corrected chi connectivity index (χ0v) is 8.80. The number of halogens is 5. The van der Waals surface area contributed by atoms with E-state index in [1.54, 1.807) is 0 Å². The maximum atomic E-state index is 13.3. The smallest absolute Gasteiger partial charge is 0.458 e. The average Bonchev–Trinajstić information content (AvgIpc) is 2.28. The molecule has 0 fully saturated rings. The second-order valence-electron chi connectivity index (χ2n) is 3.75. The van der Waals surface area contributed by atoms with Gasteiger partial charge in [0.25, 0.3) is 0 Å². The Bertz CT molecular complexity index is 589. The van der Waals surface area contributed by atoms with Crippen LogP contribution >= 0.6 is 0 Å². The first-order valence-corrected chi connectivity index (χ1v) is 4.91. The summed E-state index contributed by atoms with van der Waals surface area (Å²) in [7, 11) is 0. The average molecular weight is 262 g/mol. The molecular weight excluding hydrogens is 255 g/mol. The molecule has 0 aliphatic carbocycles. The van der Waals surface area contributed by atoms with Gasteiger partial charge in [-0.15, -0.1) is 0 Å². The van der Waals surface area contributed by atoms with Crippen LogP contribution in [-0.4, -0.2) is 11.3 Å². The Morgan fingerprint density at radius 2 is 1.33 bits per heavy atom. The van der Waals surface area contributed by atoms with E-state index in [0.29, 0.717) is 6.07 Å². The van der Waals surface area contributed by atoms with Gasteiger partial charge >= 0.3 is 12.1 Å². The molecule has 0 spiro atoms. The Morgan fingerprint density at radius 1 is 0.778 bits per heavy atom. The molecule has 0 aromatic heterocycles. The van der Waals surface area contributed by atoms with E-state index in [2.05, 4.69) is 0 Å². The molecule has 0 heterocycles. The van der Waals surface area contributed by atoms with Crippen LogP contribution in [0.25, 0.3) is 10.8 Å². The monoisotopic (exact) mass is 262 g/mol. The minimum absolute atomic E-state index is 0.0427. The van der Waals surface area contributed by atoms with Gasteiger partial charge in [-0.05, 0) is 17.5 Å². The fourth-order valence-corrected chi connectivity index (χ4v) is 1.71. The van der Waals surface area contributed by atoms with Crippen LogP contribution < -0.4 is 0 Å². The van der Waals surface area contributed by atoms with Crippen LogP contribution in [0, 0.1) is 0 Å². The van der Waals surface area contributed by atoms with Crippen molar-refractivity contribution in [2.75, 3.05) is 0 Å². The first-order valence-electron chi connectivity index (χ1n) is 4.91. The van der Waals surface area contributed by atoms with Crippen molar-refractivity contribution in [3.8, 4) is 5.75 Å². The third kappa shape index (κ3) is 1.77. The van der Waals surface area contributed by atoms with E-state index in [0.717, 1.165) is 12.1 Å². The molecule has 2 rings (SSSR count). The molecule has 0 radical (unpaired) electrons. The number of rotatable bonds is 1. The van der Waals surface area contributed by atoms with Crippen LogP contribution in [-0.2, 0) is 5.92 Å². The highest BCUT2D eigenvalue weighted by molar-refractivity contribution is 5.91. The van der Waals surface area contributed by atoms with E-state index < -0.39 is 17.7 Å². The third-order valence-electron chi connectivity index (χ3n) is 2.60. The Hall–Kier alpha value is -1.85. The standard InChI is InChI=1S/C12H7F5O/c13-11(14,12(15,16)17)9-5-6-10(18)8-4-2-1-3-7(8)9/h1-6,18H. The molecule has 0 unspecified atom stereocenters. The highest BCUT2D eigenvalue weighted by Crippen LogP contribution is 2.47. The predicted octanol–water partition coefficient (Wildman–Crippen LogP) is 4.20. The Balaban J connectivity index is 2.78. The normalized spacial score (nSPS) is 12.9. The quantitative estimate of drug-likeness (QED) is 0.763. The van der Waals surface area contributed by atoms with Gasteiger partial charge in [0.2, 0.25) is 0 Å². The van der Waals surface area contributed by atoms with E-state index in [-0.39, 0.29) is 16.5 Å². The predicted molar refractivity (Wildman–Crippen MR) is 55.6 cm³/mol. The lowest BCUT2D eigenvalue weighted by Crippen LogP contribution is -2.33. The largest absolute Gasteiger partial charge is 0.507 e. The van der Waals surface area contributed by atoms with Crippen molar-refractivity contribution in [1.82, 2.24) is 0 Å². The molecule has 0 saturated carbocycles. The summed E-state index contributed by atoms with van der Waals surface area (Å²) in [5.74, 6) is -5.30. The minimum Gasteiger partial charge on any atom is -0.507 e. The minimum atomic E-state index is -5.67. The zero-order valence-electron chi connectivity index (χ0n) is 8.80. The first kappa shape index (κ1) is 12.6. The second kappa shape index (κ2) is 3.83. The van der Waals surface area contributed by atoms with Gasteiger partial charge in [0.1, 0.15) is 5.75 Å². The maximum absolute atomic E-state index is 13.3. The maximum Gasteiger partial charge on any atom is 0.458 e. The third-order valence-corrected chi connectivity index (χ3v) is 2.60. The Morgan fingerprint density at radius 3 is 1.89 bits per heavy atom. The molecule has 2 aromatic rings. The van der Waals surface area contributed by atoms with Crippen LogP contribution in [0.5, 0.6) is 5.75 Å². The summed E-state index contributed by atoms with van der Waals surface area (Å²) in [6.07, 6.45) is -5.67. The molecule has 0 atom stereocenters. The topological polar surface area (TPSA) is 20.2 Å². The molecule has 0 amide bonds. The number of hydrogen-bond donors (Lipinski definition) is 1. The van der Waals surface area contributed by atoms with Crippen molar-refractivity contribution in [3.63, 3.8) is 0 Å². The molecule has 2 aromatic carbocycles. The van der Waals surface area contributed by atoms with E-state index in [1.807, 2.05) is 0 Å². The molecule has 0 bridgehead atoms. The molecule has 96 valence electrons. The zero-order chi connectivity index (χ0) is 13.6. The summed E-state index contributed by atoms with van der Waals surface area (Å²) in [5, 5.41) is 9.08. The fourth-order valence-electron chi connectivity index (χ4n) is 1.71. The van der Waals surface area contributed by atoms with Crippen molar-refractivity contribution in [2.45, 2.75) is 12.1 Å². The van der Waals surface area contributed by atoms with Crippen LogP contribution in [0.4, 0.5) is 22.0 Å². The second-order valence-corrected chi connectivity index (χ2v) is 3.75. The lowest BCUT2D eigenvalue weighted by molar-refractivity contribution is -0.288. The summed E-state index contributed by atoms with van der Waals surface area (Å²) in [5.41, 5.74) is -1.16. The van der Waals surface area contributed by atoms with Crippen LogP contribution in [0.3, 0.4) is 0 Å². The number of alkyl halides is 5. The molecule has 1 N–H and O–H groups in total. The molecule has 18 heavy (non-hydrogen) atoms. The van der Waals surface area contributed by atoms with Gasteiger partial charge in [0.05, 0.1) is 0 Å². The van der Waals surface area contributed by atoms with Crippen LogP contribution in [0.15, 0.2) is 36.4 Å². The lowest BCUT2D eigenvalue weighted by Gasteiger charge is -2.21. The van der Waals surface area contributed by atoms with E-state index in [9.17, 15) is 27.1 Å². The first-order chi connectivity index (χ1) is 8.25. The number of aromatic hydroxyl groups is 1. The van der Waals surface area contributed by atoms with E-state index in [4.69, 9.17) is 0 Å². The van der Waals surface area contributed by atoms with E-state index in [1.165, 1.54) is 18.2 Å². The number of phenolic OH excluding ortho intramolecular Hbond substituents is 1. The van der Waals surface area contributed by atoms with Crippen molar-refractivity contribution < 1.29 is 27.1 Å². The summed E-state index contributed by atoms with van der Waals surface area (Å²) in [6.45, 7) is 0. The molecule has 0 saturated heterocycles. The Kier molecular flexibility index (Phi) is 2.68. The van der Waals surface area contributed by atoms with Gasteiger partial charge in [-0.25, -0.2) is 0 Å². The van der Waals surface area contributed by atoms with Gasteiger partial charge < -0.3 is 5.11 Å². The number of fused-ring (bicyclic) bond motifs is 1. The summed E-state index contributed by atoms with van der Waals surface area (Å²) in [4.78, 5) is 0. The van der Waals surface area contributed by atoms with Gasteiger partial charge in [0.15, 0.2) is 0 Å². The van der Waals surface area contributed by atoms with E-state index >= 15 is 0 Å². The summed E-state index contributed by atoms with van der Waals surface area (Å²) >= 11 is 0. The van der Waals surface area contributed by atoms with Gasteiger partial charge in [0, 0.05) is 10.9 Å². The van der Waals surface area contributed by atoms with Gasteiger partial charge in [-0.2, -0.15) is 22.0 Å². The number of benzene rings is 2. The van der Waals surface area contributed by atoms with Crippen LogP contribution in [0.1, 0.15) is 5.56 Å². The number of hydrogen-bond acceptors (Lipinski definition) is 1. The highest BCUT2D eigenvalue weighted by atomic mass is 19.4. The van der Waals surface area contributed by atoms with Crippen molar-refractivity contribution in [3.05, 3.63) is 42.0 Å². The molecule has 0 aliphatic rings. The number of phenols is 1. The fraction of sp³-hybridized carbons (Fsp3) is 0.167. The molecule has 0 aliphatic heterocycles. The Labute approximate surface area is 98.5 Å². The van der Waals surface area contributed by atoms with Gasteiger partial charge in [-0.1, -0.05) is 24.3 Å². The van der Waals surface area contributed by atoms with Crippen molar-refractivity contribution in [2.24, 2.45) is 0 Å². The lowest BCUT2D eigenvalue weighted by atomic mass is 9.98. The molecule has 1 nitrogen and oxygen atoms in total. The molecule has 6 heteroatoms. The van der Waals surface area contributed by atoms with Crippen molar-refractivity contribution >= 4 is 10.8 Å².